The molecule has 2 amide bonds. The number of likely N-dealkylation sites (N-methyl/N-ethyl adjacent to an activating group) is 1. The van der Waals surface area contributed by atoms with Crippen LogP contribution in [-0.2, 0) is 4.79 Å². The third-order valence-electron chi connectivity index (χ3n) is 4.57. The van der Waals surface area contributed by atoms with Gasteiger partial charge in [0.15, 0.2) is 0 Å². The van der Waals surface area contributed by atoms with Crippen LogP contribution in [0.2, 0.25) is 0 Å². The fourth-order valence-corrected chi connectivity index (χ4v) is 3.25. The van der Waals surface area contributed by atoms with Crippen LogP contribution < -0.4 is 10.2 Å². The van der Waals surface area contributed by atoms with Crippen molar-refractivity contribution in [2.24, 2.45) is 0 Å². The number of nitro benzene ring substituents is 1. The summed E-state index contributed by atoms with van der Waals surface area (Å²) in [5.74, 6) is -0.808. The smallest absolute Gasteiger partial charge is 0.270 e. The summed E-state index contributed by atoms with van der Waals surface area (Å²) >= 11 is 0. The zero-order valence-corrected chi connectivity index (χ0v) is 17.6. The molecule has 0 aliphatic heterocycles. The number of nitrogens with one attached hydrogen (secondary N) is 1. The van der Waals surface area contributed by atoms with Crippen molar-refractivity contribution in [2.75, 3.05) is 37.9 Å². The molecule has 0 aliphatic rings. The van der Waals surface area contributed by atoms with Crippen molar-refractivity contribution in [3.63, 3.8) is 0 Å². The third-order valence-corrected chi connectivity index (χ3v) is 4.57. The van der Waals surface area contributed by atoms with Crippen LogP contribution in [0.25, 0.3) is 0 Å². The molecule has 0 atom stereocenters. The second kappa shape index (κ2) is 8.72. The Morgan fingerprint density at radius 2 is 1.62 bits per heavy atom. The van der Waals surface area contributed by atoms with Crippen molar-refractivity contribution in [1.82, 2.24) is 4.90 Å². The van der Waals surface area contributed by atoms with Crippen molar-refractivity contribution >= 4 is 28.9 Å². The van der Waals surface area contributed by atoms with Crippen LogP contribution in [0.3, 0.4) is 0 Å². The van der Waals surface area contributed by atoms with Gasteiger partial charge in [0.25, 0.3) is 11.6 Å². The molecule has 0 unspecified atom stereocenters. The van der Waals surface area contributed by atoms with E-state index in [1.165, 1.54) is 30.1 Å². The first-order chi connectivity index (χ1) is 13.5. The van der Waals surface area contributed by atoms with E-state index in [1.54, 1.807) is 19.0 Å². The molecule has 0 saturated carbocycles. The van der Waals surface area contributed by atoms with Gasteiger partial charge in [-0.25, -0.2) is 0 Å². The lowest BCUT2D eigenvalue weighted by Gasteiger charge is -2.22. The number of anilines is 2. The molecule has 0 heterocycles. The molecule has 2 rings (SSSR count). The van der Waals surface area contributed by atoms with Gasteiger partial charge in [-0.1, -0.05) is 17.7 Å². The van der Waals surface area contributed by atoms with Crippen LogP contribution in [0.1, 0.15) is 27.0 Å². The maximum absolute atomic E-state index is 12.9. The minimum Gasteiger partial charge on any atom is -0.377 e. The molecule has 0 spiro atoms. The van der Waals surface area contributed by atoms with Gasteiger partial charge < -0.3 is 15.1 Å². The Morgan fingerprint density at radius 1 is 1.03 bits per heavy atom. The van der Waals surface area contributed by atoms with E-state index in [4.69, 9.17) is 0 Å². The Bertz CT molecular complexity index is 946. The summed E-state index contributed by atoms with van der Waals surface area (Å²) in [6.45, 7) is 5.63. The number of nitrogens with zero attached hydrogens (tertiary/aromatic N) is 3. The van der Waals surface area contributed by atoms with Gasteiger partial charge >= 0.3 is 0 Å². The number of rotatable bonds is 6. The van der Waals surface area contributed by atoms with Gasteiger partial charge in [-0.2, -0.15) is 0 Å². The zero-order chi connectivity index (χ0) is 21.9. The number of benzene rings is 2. The molecule has 8 nitrogen and oxygen atoms in total. The normalized spacial score (nSPS) is 10.4. The lowest BCUT2D eigenvalue weighted by Crippen LogP contribution is -2.35. The number of hydrogen-bond acceptors (Lipinski definition) is 5. The van der Waals surface area contributed by atoms with E-state index in [-0.39, 0.29) is 23.7 Å². The van der Waals surface area contributed by atoms with Crippen LogP contribution >= 0.6 is 0 Å². The Hall–Kier alpha value is -3.42. The summed E-state index contributed by atoms with van der Waals surface area (Å²) in [6.07, 6.45) is 0. The van der Waals surface area contributed by atoms with Crippen LogP contribution in [0.15, 0.2) is 30.3 Å². The number of nitro groups is 1. The van der Waals surface area contributed by atoms with Crippen LogP contribution in [0.5, 0.6) is 0 Å². The highest BCUT2D eigenvalue weighted by Crippen LogP contribution is 2.26. The molecule has 0 fully saturated rings. The molecule has 1 N–H and O–H groups in total. The lowest BCUT2D eigenvalue weighted by atomic mass is 10.1. The SMILES string of the molecule is Cc1cc(C)c(NC(=O)CN(C)C(=O)c2cc([N+](=O)[O-])ccc2N(C)C)c(C)c1. The number of amides is 2. The lowest BCUT2D eigenvalue weighted by molar-refractivity contribution is -0.384. The monoisotopic (exact) mass is 398 g/mol. The maximum atomic E-state index is 12.9. The Labute approximate surface area is 170 Å². The fraction of sp³-hybridized carbons (Fsp3) is 0.333. The van der Waals surface area contributed by atoms with E-state index in [0.29, 0.717) is 5.69 Å². The molecular formula is C21H26N4O4. The summed E-state index contributed by atoms with van der Waals surface area (Å²) in [4.78, 5) is 38.9. The first-order valence-electron chi connectivity index (χ1n) is 9.10. The van der Waals surface area contributed by atoms with Crippen molar-refractivity contribution in [2.45, 2.75) is 20.8 Å². The second-order valence-electron chi connectivity index (χ2n) is 7.34. The first kappa shape index (κ1) is 21.9. The van der Waals surface area contributed by atoms with E-state index in [9.17, 15) is 19.7 Å². The summed E-state index contributed by atoms with van der Waals surface area (Å²) in [6, 6.07) is 8.06. The predicted octanol–water partition coefficient (Wildman–Crippen LogP) is 3.30. The van der Waals surface area contributed by atoms with Crippen molar-refractivity contribution in [3.05, 3.63) is 62.7 Å². The van der Waals surface area contributed by atoms with Gasteiger partial charge in [-0.15, -0.1) is 0 Å². The molecule has 0 aromatic heterocycles. The van der Waals surface area contributed by atoms with Crippen molar-refractivity contribution < 1.29 is 14.5 Å². The third kappa shape index (κ3) is 5.10. The van der Waals surface area contributed by atoms with Gasteiger partial charge in [-0.3, -0.25) is 19.7 Å². The maximum Gasteiger partial charge on any atom is 0.270 e. The van der Waals surface area contributed by atoms with Crippen LogP contribution in [0, 0.1) is 30.9 Å². The molecule has 0 bridgehead atoms. The molecule has 154 valence electrons. The fourth-order valence-electron chi connectivity index (χ4n) is 3.25. The largest absolute Gasteiger partial charge is 0.377 e. The Morgan fingerprint density at radius 3 is 2.14 bits per heavy atom. The number of aryl methyl sites for hydroxylation is 3. The number of hydrogen-bond donors (Lipinski definition) is 1. The molecule has 2 aromatic rings. The Kier molecular flexibility index (Phi) is 6.58. The van der Waals surface area contributed by atoms with Gasteiger partial charge in [0.1, 0.15) is 0 Å². The van der Waals surface area contributed by atoms with Crippen LogP contribution in [-0.4, -0.2) is 49.3 Å². The van der Waals surface area contributed by atoms with Gasteiger partial charge in [0, 0.05) is 44.7 Å². The van der Waals surface area contributed by atoms with Gasteiger partial charge in [0.2, 0.25) is 5.91 Å². The molecule has 29 heavy (non-hydrogen) atoms. The standard InChI is InChI=1S/C21H26N4O4/c1-13-9-14(2)20(15(3)10-13)22-19(26)12-24(6)21(27)17-11-16(25(28)29)7-8-18(17)23(4)5/h7-11H,12H2,1-6H3,(H,22,26). The molecule has 0 saturated heterocycles. The average molecular weight is 398 g/mol. The summed E-state index contributed by atoms with van der Waals surface area (Å²) in [7, 11) is 4.98. The highest BCUT2D eigenvalue weighted by Gasteiger charge is 2.22. The molecule has 8 heteroatoms. The number of carbonyl (C=O) groups excluding carboxylic acids is 2. The molecular weight excluding hydrogens is 372 g/mol. The Balaban J connectivity index is 2.22. The summed E-state index contributed by atoms with van der Waals surface area (Å²) < 4.78 is 0. The van der Waals surface area contributed by atoms with Crippen molar-refractivity contribution in [3.8, 4) is 0 Å². The van der Waals surface area contributed by atoms with E-state index < -0.39 is 10.8 Å². The minimum absolute atomic E-state index is 0.169. The predicted molar refractivity (Wildman–Crippen MR) is 114 cm³/mol. The van der Waals surface area contributed by atoms with Crippen LogP contribution in [0.4, 0.5) is 17.1 Å². The van der Waals surface area contributed by atoms with E-state index in [2.05, 4.69) is 5.32 Å². The highest BCUT2D eigenvalue weighted by atomic mass is 16.6. The van der Waals surface area contributed by atoms with E-state index in [1.807, 2.05) is 32.9 Å². The molecule has 0 radical (unpaired) electrons. The topological polar surface area (TPSA) is 95.8 Å². The quantitative estimate of drug-likeness (QED) is 0.595. The van der Waals surface area contributed by atoms with E-state index >= 15 is 0 Å². The highest BCUT2D eigenvalue weighted by molar-refractivity contribution is 6.03. The van der Waals surface area contributed by atoms with Gasteiger partial charge in [-0.05, 0) is 38.0 Å². The number of carbonyl (C=O) groups is 2. The molecule has 2 aromatic carbocycles. The average Bonchev–Trinajstić information content (AvgIpc) is 2.63. The second-order valence-corrected chi connectivity index (χ2v) is 7.34. The molecule has 0 aliphatic carbocycles. The van der Waals surface area contributed by atoms with E-state index in [0.717, 1.165) is 22.4 Å². The number of non-ortho nitro benzene ring substituents is 1. The minimum atomic E-state index is -0.550. The van der Waals surface area contributed by atoms with Crippen molar-refractivity contribution in [1.29, 1.82) is 0 Å². The first-order valence-corrected chi connectivity index (χ1v) is 9.10. The van der Waals surface area contributed by atoms with Gasteiger partial charge in [0.05, 0.1) is 17.0 Å². The zero-order valence-electron chi connectivity index (χ0n) is 17.6. The summed E-state index contributed by atoms with van der Waals surface area (Å²) in [5.41, 5.74) is 4.25. The summed E-state index contributed by atoms with van der Waals surface area (Å²) in [5, 5.41) is 14.0.